The predicted octanol–water partition coefficient (Wildman–Crippen LogP) is 15.9. The summed E-state index contributed by atoms with van der Waals surface area (Å²) < 4.78 is 96.9. The SMILES string of the molecule is C=C(C)C(=O)OCCCCCCOc1ccc(C(=O)O)cc1.C=CC(=O)OCC(C)OC(=O)c1cc(O)ccc1O.C=CC(=O)OCC(C)OC(=O)c1cc(OC(=O)c2ccc(OCCCCCCOC(=O)C(=C)C)cc2)ccc1OC(=O)c1ccc(OCCCCCCOC(=O)C(=C)C)cc1.C=CC(=O)OCC(C)OS(=O)(=O)c1ccc(C)cc1.O=C(O)c1cc(O)ccc1O. The molecule has 0 saturated heterocycles. The summed E-state index contributed by atoms with van der Waals surface area (Å²) in [4.78, 5) is 140. The first-order valence-corrected chi connectivity index (χ1v) is 42.6. The number of phenols is 4. The zero-order valence-corrected chi connectivity index (χ0v) is 75.3. The number of aromatic hydroxyl groups is 4. The van der Waals surface area contributed by atoms with Gasteiger partial charge in [0, 0.05) is 34.9 Å². The van der Waals surface area contributed by atoms with Crippen molar-refractivity contribution in [1.82, 2.24) is 0 Å². The van der Waals surface area contributed by atoms with Crippen molar-refractivity contribution in [3.63, 3.8) is 0 Å². The molecule has 3 unspecified atom stereocenters. The number of carbonyl (C=O) groups excluding carboxylic acids is 10. The van der Waals surface area contributed by atoms with Crippen LogP contribution in [0.15, 0.2) is 231 Å². The molecule has 0 saturated carbocycles. The Labute approximate surface area is 765 Å². The third-order valence-corrected chi connectivity index (χ3v) is 18.5. The summed E-state index contributed by atoms with van der Waals surface area (Å²) in [5.41, 5.74) is 2.04. The first-order chi connectivity index (χ1) is 62.7. The van der Waals surface area contributed by atoms with Gasteiger partial charge < -0.3 is 92.2 Å². The second-order valence-corrected chi connectivity index (χ2v) is 30.2. The van der Waals surface area contributed by atoms with E-state index in [0.29, 0.717) is 73.6 Å². The van der Waals surface area contributed by atoms with Crippen LogP contribution in [-0.4, -0.2) is 188 Å². The lowest BCUT2D eigenvalue weighted by atomic mass is 10.1. The molecule has 7 aromatic carbocycles. The van der Waals surface area contributed by atoms with Crippen LogP contribution in [-0.2, 0) is 81.0 Å². The van der Waals surface area contributed by atoms with Gasteiger partial charge in [0.25, 0.3) is 10.1 Å². The first kappa shape index (κ1) is 111. The Kier molecular flexibility index (Phi) is 51.3. The number of carboxylic acids is 2. The molecule has 35 heteroatoms. The number of carbonyl (C=O) groups is 12. The molecule has 0 aliphatic heterocycles. The average molecular weight is 1850 g/mol. The Morgan fingerprint density at radius 1 is 0.356 bits per heavy atom. The molecule has 0 spiro atoms. The van der Waals surface area contributed by atoms with E-state index in [0.717, 1.165) is 119 Å². The fourth-order valence-electron chi connectivity index (χ4n) is 10.0. The highest BCUT2D eigenvalue weighted by atomic mass is 32.2. The number of hydrogen-bond acceptors (Lipinski definition) is 32. The zero-order valence-electron chi connectivity index (χ0n) is 74.5. The minimum absolute atomic E-state index is 0.0371. The Hall–Kier alpha value is -14.9. The summed E-state index contributed by atoms with van der Waals surface area (Å²) >= 11 is 0. The van der Waals surface area contributed by atoms with E-state index in [1.165, 1.54) is 106 Å². The standard InChI is InChI=1S/C47H54O14.C17H22O5.C13H14O6.C13H16O5S.C7H6O4/c1-7-42(48)58-31-34(6)59-47(53)40-30-39(60-45(51)35-16-20-37(21-17-35)54-26-12-8-10-14-28-56-43(49)32(2)3)24-25-41(40)61-46(52)36-18-22-38(23-19-36)55-27-13-9-11-15-29-57-44(50)33(4)5;1-13(2)17(20)22-12-6-4-3-5-11-21-15-9-7-14(8-10-15)16(18)19;1-3-12(16)18-7-8(2)19-13(17)10-6-9(14)4-5-11(10)15;1-4-13(14)17-9-11(3)18-19(15,16)12-7-5-10(2)6-8-12;8-4-1-2-6(9)5(3-4)7(10)11/h7,16-25,30,34H,1-2,4,8-15,26-29,31H2,3,5-6H3;7-10H,1,3-6,11-12H2,2H3,(H,18,19);3-6,8,14-15H,1,7H2,2H3;4-8,11H,1,9H2,2-3H3;1-3,8-9H,(H,10,11). The van der Waals surface area contributed by atoms with Crippen molar-refractivity contribution >= 4 is 81.7 Å². The van der Waals surface area contributed by atoms with Crippen molar-refractivity contribution in [2.75, 3.05) is 59.5 Å². The van der Waals surface area contributed by atoms with Crippen LogP contribution in [0.2, 0.25) is 0 Å². The molecule has 0 fully saturated rings. The van der Waals surface area contributed by atoms with Gasteiger partial charge in [0.05, 0.1) is 61.2 Å². The summed E-state index contributed by atoms with van der Waals surface area (Å²) in [6.07, 6.45) is 10.8. The summed E-state index contributed by atoms with van der Waals surface area (Å²) in [5, 5.41) is 53.6. The normalized spacial score (nSPS) is 11.0. The van der Waals surface area contributed by atoms with E-state index in [1.807, 2.05) is 6.92 Å². The highest BCUT2D eigenvalue weighted by molar-refractivity contribution is 7.86. The molecule has 0 aromatic heterocycles. The molecular formula is C97H112O34S. The van der Waals surface area contributed by atoms with Crippen LogP contribution in [0.3, 0.4) is 0 Å². The monoisotopic (exact) mass is 1850 g/mol. The fraction of sp³-hybridized carbons (Fsp3) is 0.320. The van der Waals surface area contributed by atoms with Crippen LogP contribution in [0.1, 0.15) is 186 Å². The highest BCUT2D eigenvalue weighted by Crippen LogP contribution is 2.30. The number of carboxylic acid groups (broad SMARTS) is 2. The fourth-order valence-corrected chi connectivity index (χ4v) is 11.1. The third-order valence-electron chi connectivity index (χ3n) is 17.0. The number of hydrogen-bond donors (Lipinski definition) is 6. The van der Waals surface area contributed by atoms with Gasteiger partial charge in [-0.05, 0) is 265 Å². The number of aryl methyl sites for hydroxylation is 1. The van der Waals surface area contributed by atoms with Gasteiger partial charge in [-0.3, -0.25) is 4.18 Å². The van der Waals surface area contributed by atoms with Crippen molar-refractivity contribution in [3.05, 3.63) is 265 Å². The molecule has 7 aromatic rings. The summed E-state index contributed by atoms with van der Waals surface area (Å²) in [7, 11) is -3.85. The smallest absolute Gasteiger partial charge is 0.343 e. The van der Waals surface area contributed by atoms with Crippen LogP contribution in [0.5, 0.6) is 51.7 Å². The number of unbranched alkanes of at least 4 members (excludes halogenated alkanes) is 9. The first-order valence-electron chi connectivity index (χ1n) is 41.2. The molecule has 7 rings (SSSR count). The number of rotatable bonds is 49. The van der Waals surface area contributed by atoms with Gasteiger partial charge in [-0.2, -0.15) is 8.42 Å². The third kappa shape index (κ3) is 45.7. The quantitative estimate of drug-likeness (QED) is 0.00392. The Morgan fingerprint density at radius 2 is 0.689 bits per heavy atom. The average Bonchev–Trinajstić information content (AvgIpc) is 0.823. The van der Waals surface area contributed by atoms with Gasteiger partial charge in [-0.1, -0.05) is 57.2 Å². The molecule has 34 nitrogen and oxygen atoms in total. The van der Waals surface area contributed by atoms with E-state index < -0.39 is 94.1 Å². The molecule has 0 bridgehead atoms. The molecule has 710 valence electrons. The maximum atomic E-state index is 13.4. The molecule has 0 radical (unpaired) electrons. The number of esters is 10. The largest absolute Gasteiger partial charge is 0.508 e. The number of benzene rings is 7. The van der Waals surface area contributed by atoms with Gasteiger partial charge in [0.15, 0.2) is 0 Å². The van der Waals surface area contributed by atoms with Gasteiger partial charge in [0.2, 0.25) is 0 Å². The van der Waals surface area contributed by atoms with Gasteiger partial charge in [-0.15, -0.1) is 0 Å². The van der Waals surface area contributed by atoms with Crippen molar-refractivity contribution in [2.45, 2.75) is 149 Å². The summed E-state index contributed by atoms with van der Waals surface area (Å²) in [5.74, 6) is -8.01. The molecule has 6 N–H and O–H groups in total. The predicted molar refractivity (Wildman–Crippen MR) is 480 cm³/mol. The van der Waals surface area contributed by atoms with Crippen LogP contribution in [0.4, 0.5) is 0 Å². The maximum absolute atomic E-state index is 13.4. The van der Waals surface area contributed by atoms with Crippen LogP contribution in [0, 0.1) is 6.92 Å². The van der Waals surface area contributed by atoms with E-state index in [2.05, 4.69) is 39.5 Å². The van der Waals surface area contributed by atoms with Crippen molar-refractivity contribution in [1.29, 1.82) is 0 Å². The van der Waals surface area contributed by atoms with E-state index in [4.69, 9.17) is 86.2 Å². The van der Waals surface area contributed by atoms with Crippen LogP contribution >= 0.6 is 0 Å². The second kappa shape index (κ2) is 60.8. The minimum atomic E-state index is -3.85. The van der Waals surface area contributed by atoms with Gasteiger partial charge in [-0.25, -0.2) is 57.5 Å². The second-order valence-electron chi connectivity index (χ2n) is 28.7. The van der Waals surface area contributed by atoms with E-state index in [9.17, 15) is 76.2 Å². The maximum Gasteiger partial charge on any atom is 0.343 e. The Morgan fingerprint density at radius 3 is 1.05 bits per heavy atom. The molecular weight excluding hydrogens is 1740 g/mol. The molecule has 0 heterocycles. The van der Waals surface area contributed by atoms with E-state index in [1.54, 1.807) is 69.3 Å². The Bertz CT molecular complexity index is 5150. The molecule has 0 aliphatic rings. The van der Waals surface area contributed by atoms with Crippen LogP contribution < -0.4 is 23.7 Å². The summed E-state index contributed by atoms with van der Waals surface area (Å²) in [6, 6.07) is 35.9. The number of ether oxygens (including phenoxy) is 13. The lowest BCUT2D eigenvalue weighted by Crippen LogP contribution is -2.23. The number of aromatic carboxylic acids is 2. The number of phenolic OH excluding ortho intramolecular Hbond substituents is 3. The molecule has 0 aliphatic carbocycles. The summed E-state index contributed by atoms with van der Waals surface area (Å²) in [6.45, 7) is 33.7. The van der Waals surface area contributed by atoms with E-state index >= 15 is 0 Å². The van der Waals surface area contributed by atoms with Gasteiger partial charge >= 0.3 is 71.6 Å². The van der Waals surface area contributed by atoms with Crippen molar-refractivity contribution < 1.29 is 162 Å². The molecule has 3 atom stereocenters. The van der Waals surface area contributed by atoms with Gasteiger partial charge in [0.1, 0.15) is 107 Å². The molecule has 0 amide bonds. The lowest BCUT2D eigenvalue weighted by Gasteiger charge is -2.16. The highest BCUT2D eigenvalue weighted by Gasteiger charge is 2.25. The molecule has 132 heavy (non-hydrogen) atoms. The van der Waals surface area contributed by atoms with E-state index in [-0.39, 0.29) is 98.6 Å². The van der Waals surface area contributed by atoms with Crippen LogP contribution in [0.25, 0.3) is 0 Å². The Balaban J connectivity index is 0.000000507. The van der Waals surface area contributed by atoms with Crippen molar-refractivity contribution in [3.8, 4) is 51.7 Å². The lowest BCUT2D eigenvalue weighted by molar-refractivity contribution is -0.141. The minimum Gasteiger partial charge on any atom is -0.508 e. The van der Waals surface area contributed by atoms with Crippen molar-refractivity contribution in [2.24, 2.45) is 0 Å². The topological polar surface area (TPSA) is 490 Å². The zero-order chi connectivity index (χ0) is 98.3.